The molecule has 1 N–H and O–H groups in total. The zero-order valence-electron chi connectivity index (χ0n) is 12.4. The van der Waals surface area contributed by atoms with Crippen LogP contribution in [0, 0.1) is 0 Å². The van der Waals surface area contributed by atoms with E-state index >= 15 is 0 Å². The smallest absolute Gasteiger partial charge is 0.258 e. The van der Waals surface area contributed by atoms with Gasteiger partial charge in [0.1, 0.15) is 17.9 Å². The third-order valence-electron chi connectivity index (χ3n) is 3.74. The summed E-state index contributed by atoms with van der Waals surface area (Å²) in [5, 5.41) is 10.4. The number of aliphatic hydroxyl groups is 1. The average molecular weight is 289 g/mol. The first kappa shape index (κ1) is 15.3. The maximum Gasteiger partial charge on any atom is 0.258 e. The van der Waals surface area contributed by atoms with Gasteiger partial charge < -0.3 is 19.5 Å². The molecular weight excluding hydrogens is 270 g/mol. The van der Waals surface area contributed by atoms with Gasteiger partial charge in [0.05, 0.1) is 7.11 Å². The van der Waals surface area contributed by atoms with Crippen molar-refractivity contribution in [3.63, 3.8) is 0 Å². The average Bonchev–Trinajstić information content (AvgIpc) is 2.52. The van der Waals surface area contributed by atoms with E-state index in [1.807, 2.05) is 0 Å². The summed E-state index contributed by atoms with van der Waals surface area (Å²) in [5.74, 6) is 0.526. The molecule has 0 saturated carbocycles. The fourth-order valence-corrected chi connectivity index (χ4v) is 2.43. The van der Waals surface area contributed by atoms with Crippen LogP contribution in [0.5, 0.6) is 5.75 Å². The number of methoxy groups -OCH3 is 2. The van der Waals surface area contributed by atoms with Crippen molar-refractivity contribution in [2.24, 2.45) is 0 Å². The molecule has 3 atom stereocenters. The third kappa shape index (κ3) is 2.59. The maximum absolute atomic E-state index is 12.2. The topological polar surface area (TPSA) is 59.0 Å². The fraction of sp³-hybridized carbons (Fsp3) is 0.375. The molecule has 112 valence electrons. The summed E-state index contributed by atoms with van der Waals surface area (Å²) in [4.78, 5) is 13.7. The number of amides is 1. The first-order valence-electron chi connectivity index (χ1n) is 6.59. The Kier molecular flexibility index (Phi) is 4.48. The quantitative estimate of drug-likeness (QED) is 0.659. The van der Waals surface area contributed by atoms with E-state index in [1.54, 1.807) is 38.3 Å². The lowest BCUT2D eigenvalue weighted by atomic mass is 9.88. The van der Waals surface area contributed by atoms with Gasteiger partial charge in [0, 0.05) is 12.8 Å². The number of carbonyl (C=O) groups is 1. The molecule has 1 saturated heterocycles. The molecule has 1 amide bonds. The van der Waals surface area contributed by atoms with Gasteiger partial charge in [-0.2, -0.15) is 0 Å². The second-order valence-corrected chi connectivity index (χ2v) is 4.86. The normalized spacial score (nSPS) is 22.3. The number of hydrogen-bond donors (Lipinski definition) is 1. The Bertz CT molecular complexity index is 574. The van der Waals surface area contributed by atoms with E-state index in [0.29, 0.717) is 17.0 Å². The predicted octanol–water partition coefficient (Wildman–Crippen LogP) is 1.52. The zero-order chi connectivity index (χ0) is 15.6. The molecule has 1 aliphatic heterocycles. The first-order valence-corrected chi connectivity index (χ1v) is 6.59. The molecule has 0 radical (unpaired) electrons. The van der Waals surface area contributed by atoms with Crippen LogP contribution in [0.1, 0.15) is 6.92 Å². The van der Waals surface area contributed by atoms with Crippen LogP contribution in [0.2, 0.25) is 0 Å². The third-order valence-corrected chi connectivity index (χ3v) is 3.74. The van der Waals surface area contributed by atoms with Crippen LogP contribution in [0.15, 0.2) is 42.1 Å². The minimum Gasteiger partial charge on any atom is -0.497 e. The molecular formula is C16H19NO4. The van der Waals surface area contributed by atoms with Crippen LogP contribution >= 0.6 is 0 Å². The highest BCUT2D eigenvalue weighted by Gasteiger charge is 2.52. The van der Waals surface area contributed by atoms with Gasteiger partial charge in [0.25, 0.3) is 5.91 Å². The Morgan fingerprint density at radius 3 is 2.48 bits per heavy atom. The van der Waals surface area contributed by atoms with Gasteiger partial charge in [-0.3, -0.25) is 4.79 Å². The predicted molar refractivity (Wildman–Crippen MR) is 79.4 cm³/mol. The number of aliphatic hydroxyl groups excluding tert-OH is 1. The maximum atomic E-state index is 12.2. The van der Waals surface area contributed by atoms with E-state index in [-0.39, 0.29) is 5.91 Å². The fourth-order valence-electron chi connectivity index (χ4n) is 2.43. The van der Waals surface area contributed by atoms with E-state index in [0.717, 1.165) is 0 Å². The second-order valence-electron chi connectivity index (χ2n) is 4.86. The van der Waals surface area contributed by atoms with Crippen molar-refractivity contribution in [3.05, 3.63) is 42.1 Å². The summed E-state index contributed by atoms with van der Waals surface area (Å²) in [5.41, 5.74) is 3.93. The Morgan fingerprint density at radius 2 is 2.00 bits per heavy atom. The number of β-lactam (4-membered cyclic amide) rings is 1. The summed E-state index contributed by atoms with van der Waals surface area (Å²) in [6, 6.07) is 6.60. The summed E-state index contributed by atoms with van der Waals surface area (Å²) in [6.07, 6.45) is -1.53. The summed E-state index contributed by atoms with van der Waals surface area (Å²) in [6.45, 7) is 5.25. The highest BCUT2D eigenvalue weighted by molar-refractivity contribution is 6.05. The van der Waals surface area contributed by atoms with Crippen molar-refractivity contribution in [2.45, 2.75) is 25.2 Å². The number of nitrogens with zero attached hydrogens (tertiary/aromatic N) is 1. The number of benzene rings is 1. The molecule has 21 heavy (non-hydrogen) atoms. The van der Waals surface area contributed by atoms with Gasteiger partial charge in [-0.1, -0.05) is 6.58 Å². The molecule has 0 aromatic heterocycles. The van der Waals surface area contributed by atoms with Gasteiger partial charge in [-0.05, 0) is 36.8 Å². The van der Waals surface area contributed by atoms with E-state index in [4.69, 9.17) is 9.47 Å². The lowest BCUT2D eigenvalue weighted by Crippen LogP contribution is -2.70. The lowest BCUT2D eigenvalue weighted by molar-refractivity contribution is -0.143. The molecule has 0 bridgehead atoms. The molecule has 5 heteroatoms. The van der Waals surface area contributed by atoms with Crippen molar-refractivity contribution in [1.29, 1.82) is 0 Å². The van der Waals surface area contributed by atoms with E-state index in [1.165, 1.54) is 12.0 Å². The van der Waals surface area contributed by atoms with Crippen LogP contribution in [0.3, 0.4) is 0 Å². The van der Waals surface area contributed by atoms with Crippen LogP contribution in [-0.2, 0) is 9.53 Å². The van der Waals surface area contributed by atoms with Crippen molar-refractivity contribution in [3.8, 4) is 5.75 Å². The lowest BCUT2D eigenvalue weighted by Gasteiger charge is -2.48. The molecule has 0 unspecified atom stereocenters. The Morgan fingerprint density at radius 1 is 1.38 bits per heavy atom. The minimum absolute atomic E-state index is 0.177. The number of carbonyl (C=O) groups excluding carboxylic acids is 1. The SMILES string of the molecule is C=C=C(C)[C@@H](O)[C@H]1[C@@H](OC)C(=O)N1c1ccc(OC)cc1. The van der Waals surface area contributed by atoms with Crippen molar-refractivity contribution in [1.82, 2.24) is 0 Å². The Hall–Kier alpha value is -2.07. The molecule has 1 fully saturated rings. The minimum atomic E-state index is -0.868. The number of hydrogen-bond acceptors (Lipinski definition) is 4. The van der Waals surface area contributed by atoms with E-state index < -0.39 is 18.2 Å². The molecule has 0 aliphatic carbocycles. The van der Waals surface area contributed by atoms with Gasteiger partial charge in [-0.25, -0.2) is 0 Å². The molecule has 1 aromatic carbocycles. The van der Waals surface area contributed by atoms with Gasteiger partial charge >= 0.3 is 0 Å². The van der Waals surface area contributed by atoms with Gasteiger partial charge in [0.2, 0.25) is 0 Å². The standard InChI is InChI=1S/C16H19NO4/c1-5-10(2)14(18)13-15(21-4)16(19)17(13)11-6-8-12(20-3)9-7-11/h6-9,13-15,18H,1H2,2-4H3/t13-,14+,15+/m0/s1. The molecule has 1 heterocycles. The highest BCUT2D eigenvalue weighted by atomic mass is 16.5. The van der Waals surface area contributed by atoms with Gasteiger partial charge in [0.15, 0.2) is 6.10 Å². The second kappa shape index (κ2) is 6.14. The molecule has 5 nitrogen and oxygen atoms in total. The van der Waals surface area contributed by atoms with E-state index in [2.05, 4.69) is 12.3 Å². The molecule has 2 rings (SSSR count). The summed E-state index contributed by atoms with van der Waals surface area (Å²) >= 11 is 0. The van der Waals surface area contributed by atoms with Gasteiger partial charge in [-0.15, -0.1) is 5.73 Å². The first-order chi connectivity index (χ1) is 10.0. The van der Waals surface area contributed by atoms with Crippen molar-refractivity contribution in [2.75, 3.05) is 19.1 Å². The Labute approximate surface area is 124 Å². The van der Waals surface area contributed by atoms with Crippen LogP contribution in [0.25, 0.3) is 0 Å². The molecule has 0 spiro atoms. The molecule has 1 aliphatic rings. The van der Waals surface area contributed by atoms with Crippen molar-refractivity contribution < 1.29 is 19.4 Å². The number of anilines is 1. The van der Waals surface area contributed by atoms with Crippen LogP contribution < -0.4 is 9.64 Å². The number of ether oxygens (including phenoxy) is 2. The van der Waals surface area contributed by atoms with E-state index in [9.17, 15) is 9.90 Å². The van der Waals surface area contributed by atoms with Crippen LogP contribution in [0.4, 0.5) is 5.69 Å². The molecule has 1 aromatic rings. The summed E-state index contributed by atoms with van der Waals surface area (Å²) < 4.78 is 10.3. The monoisotopic (exact) mass is 289 g/mol. The van der Waals surface area contributed by atoms with Crippen LogP contribution in [-0.4, -0.2) is 43.5 Å². The highest BCUT2D eigenvalue weighted by Crippen LogP contribution is 2.34. The number of rotatable bonds is 5. The van der Waals surface area contributed by atoms with Crippen molar-refractivity contribution >= 4 is 11.6 Å². The Balaban J connectivity index is 2.31. The largest absolute Gasteiger partial charge is 0.497 e. The zero-order valence-corrected chi connectivity index (χ0v) is 12.4. The summed E-state index contributed by atoms with van der Waals surface area (Å²) in [7, 11) is 3.04.